The van der Waals surface area contributed by atoms with Crippen LogP contribution in [0, 0.1) is 6.92 Å². The number of imidazole rings is 1. The minimum absolute atomic E-state index is 0.0236. The Morgan fingerprint density at radius 1 is 1.45 bits per heavy atom. The predicted molar refractivity (Wildman–Crippen MR) is 77.9 cm³/mol. The first-order valence-corrected chi connectivity index (χ1v) is 7.65. The molecule has 5 nitrogen and oxygen atoms in total. The zero-order valence-electron chi connectivity index (χ0n) is 11.7. The highest BCUT2D eigenvalue weighted by molar-refractivity contribution is 7.11. The Bertz CT molecular complexity index is 618. The van der Waals surface area contributed by atoms with Gasteiger partial charge in [-0.3, -0.25) is 4.79 Å². The average Bonchev–Trinajstić information content (AvgIpc) is 3.07. The van der Waals surface area contributed by atoms with Crippen molar-refractivity contribution in [3.63, 3.8) is 0 Å². The monoisotopic (exact) mass is 290 g/mol. The van der Waals surface area contributed by atoms with Gasteiger partial charge in [0.05, 0.1) is 5.01 Å². The van der Waals surface area contributed by atoms with Crippen LogP contribution in [0.2, 0.25) is 0 Å². The molecule has 2 aromatic rings. The smallest absolute Gasteiger partial charge is 0.289 e. The van der Waals surface area contributed by atoms with Crippen LogP contribution in [0.4, 0.5) is 0 Å². The second kappa shape index (κ2) is 5.36. The number of amides is 1. The van der Waals surface area contributed by atoms with Gasteiger partial charge in [0, 0.05) is 49.5 Å². The summed E-state index contributed by atoms with van der Waals surface area (Å²) < 4.78 is 1.78. The van der Waals surface area contributed by atoms with Crippen molar-refractivity contribution in [2.24, 2.45) is 7.05 Å². The molecule has 3 rings (SSSR count). The average molecular weight is 290 g/mol. The number of nitrogens with zero attached hydrogens (tertiary/aromatic N) is 4. The van der Waals surface area contributed by atoms with Gasteiger partial charge in [-0.25, -0.2) is 9.97 Å². The third kappa shape index (κ3) is 2.47. The molecule has 3 heterocycles. The summed E-state index contributed by atoms with van der Waals surface area (Å²) in [6.07, 6.45) is 7.52. The Kier molecular flexibility index (Phi) is 3.56. The molecule has 0 aromatic carbocycles. The maximum atomic E-state index is 12.5. The highest BCUT2D eigenvalue weighted by atomic mass is 32.1. The zero-order chi connectivity index (χ0) is 14.1. The van der Waals surface area contributed by atoms with Crippen molar-refractivity contribution in [1.29, 1.82) is 0 Å². The van der Waals surface area contributed by atoms with Crippen LogP contribution >= 0.6 is 11.3 Å². The van der Waals surface area contributed by atoms with Gasteiger partial charge in [-0.2, -0.15) is 0 Å². The van der Waals surface area contributed by atoms with E-state index in [1.54, 1.807) is 28.3 Å². The summed E-state index contributed by atoms with van der Waals surface area (Å²) in [5.41, 5.74) is 0. The van der Waals surface area contributed by atoms with E-state index in [-0.39, 0.29) is 5.91 Å². The van der Waals surface area contributed by atoms with E-state index < -0.39 is 0 Å². The van der Waals surface area contributed by atoms with Crippen LogP contribution in [-0.2, 0) is 7.05 Å². The Hall–Kier alpha value is -1.69. The topological polar surface area (TPSA) is 51.0 Å². The molecule has 1 atom stereocenters. The van der Waals surface area contributed by atoms with Gasteiger partial charge in [0.1, 0.15) is 0 Å². The maximum absolute atomic E-state index is 12.5. The van der Waals surface area contributed by atoms with Crippen LogP contribution in [0.3, 0.4) is 0 Å². The SMILES string of the molecule is Cc1cnc([C@H]2CCCN(C(=O)c3nccn3C)C2)s1. The van der Waals surface area contributed by atoms with Crippen molar-refractivity contribution in [2.45, 2.75) is 25.7 Å². The molecule has 1 aliphatic heterocycles. The minimum atomic E-state index is 0.0236. The van der Waals surface area contributed by atoms with Crippen LogP contribution in [0.25, 0.3) is 0 Å². The third-order valence-electron chi connectivity index (χ3n) is 3.71. The summed E-state index contributed by atoms with van der Waals surface area (Å²) in [5, 5.41) is 1.15. The first kappa shape index (κ1) is 13.3. The molecule has 20 heavy (non-hydrogen) atoms. The van der Waals surface area contributed by atoms with Gasteiger partial charge in [-0.1, -0.05) is 0 Å². The largest absolute Gasteiger partial charge is 0.335 e. The van der Waals surface area contributed by atoms with Crippen LogP contribution in [0.5, 0.6) is 0 Å². The highest BCUT2D eigenvalue weighted by Crippen LogP contribution is 2.30. The van der Waals surface area contributed by atoms with E-state index in [1.807, 2.05) is 18.1 Å². The molecule has 2 aromatic heterocycles. The van der Waals surface area contributed by atoms with E-state index in [9.17, 15) is 4.79 Å². The summed E-state index contributed by atoms with van der Waals surface area (Å²) in [4.78, 5) is 24.3. The number of hydrogen-bond donors (Lipinski definition) is 0. The molecule has 0 aliphatic carbocycles. The molecule has 0 saturated carbocycles. The van der Waals surface area contributed by atoms with E-state index in [2.05, 4.69) is 16.9 Å². The van der Waals surface area contributed by atoms with Crippen LogP contribution in [0.15, 0.2) is 18.6 Å². The number of thiazole rings is 1. The van der Waals surface area contributed by atoms with Gasteiger partial charge in [0.2, 0.25) is 0 Å². The second-order valence-corrected chi connectivity index (χ2v) is 6.53. The lowest BCUT2D eigenvalue weighted by Crippen LogP contribution is -2.40. The first-order chi connectivity index (χ1) is 9.65. The summed E-state index contributed by atoms with van der Waals surface area (Å²) in [6, 6.07) is 0. The van der Waals surface area contributed by atoms with Crippen molar-refractivity contribution in [2.75, 3.05) is 13.1 Å². The Balaban J connectivity index is 1.75. The Morgan fingerprint density at radius 2 is 2.30 bits per heavy atom. The molecule has 6 heteroatoms. The van der Waals surface area contributed by atoms with Gasteiger partial charge in [-0.05, 0) is 19.8 Å². The second-order valence-electron chi connectivity index (χ2n) is 5.26. The predicted octanol–water partition coefficient (Wildman–Crippen LogP) is 2.20. The van der Waals surface area contributed by atoms with Crippen molar-refractivity contribution >= 4 is 17.2 Å². The summed E-state index contributed by atoms with van der Waals surface area (Å²) >= 11 is 1.74. The fourth-order valence-electron chi connectivity index (χ4n) is 2.64. The van der Waals surface area contributed by atoms with Gasteiger partial charge in [-0.15, -0.1) is 11.3 Å². The molecular weight excluding hydrogens is 272 g/mol. The molecular formula is C14H18N4OS. The van der Waals surface area contributed by atoms with Crippen LogP contribution in [0.1, 0.15) is 39.3 Å². The highest BCUT2D eigenvalue weighted by Gasteiger charge is 2.28. The molecule has 0 unspecified atom stereocenters. The van der Waals surface area contributed by atoms with Crippen molar-refractivity contribution in [3.05, 3.63) is 34.3 Å². The molecule has 0 bridgehead atoms. The lowest BCUT2D eigenvalue weighted by atomic mass is 9.98. The minimum Gasteiger partial charge on any atom is -0.335 e. The van der Waals surface area contributed by atoms with Gasteiger partial charge < -0.3 is 9.47 Å². The molecule has 1 fully saturated rings. The molecule has 1 amide bonds. The number of carbonyl (C=O) groups is 1. The van der Waals surface area contributed by atoms with E-state index >= 15 is 0 Å². The summed E-state index contributed by atoms with van der Waals surface area (Å²) in [7, 11) is 1.85. The van der Waals surface area contributed by atoms with E-state index in [0.29, 0.717) is 11.7 Å². The standard InChI is InChI=1S/C14H18N4OS/c1-10-8-16-13(20-10)11-4-3-6-18(9-11)14(19)12-15-5-7-17(12)2/h5,7-8,11H,3-4,6,9H2,1-2H3/t11-/m0/s1. The molecule has 106 valence electrons. The molecule has 1 saturated heterocycles. The van der Waals surface area contributed by atoms with Crippen molar-refractivity contribution < 1.29 is 4.79 Å². The van der Waals surface area contributed by atoms with Gasteiger partial charge in [0.25, 0.3) is 5.91 Å². The summed E-state index contributed by atoms with van der Waals surface area (Å²) in [5.74, 6) is 0.906. The quantitative estimate of drug-likeness (QED) is 0.852. The molecule has 0 radical (unpaired) electrons. The number of likely N-dealkylation sites (tertiary alicyclic amines) is 1. The molecule has 0 spiro atoms. The first-order valence-electron chi connectivity index (χ1n) is 6.84. The van der Waals surface area contributed by atoms with E-state index in [4.69, 9.17) is 0 Å². The number of piperidine rings is 1. The van der Waals surface area contributed by atoms with Crippen LogP contribution in [-0.4, -0.2) is 38.4 Å². The van der Waals surface area contributed by atoms with E-state index in [0.717, 1.165) is 30.9 Å². The normalized spacial score (nSPS) is 19.3. The zero-order valence-corrected chi connectivity index (χ0v) is 12.6. The van der Waals surface area contributed by atoms with Gasteiger partial charge >= 0.3 is 0 Å². The van der Waals surface area contributed by atoms with Crippen molar-refractivity contribution in [3.8, 4) is 0 Å². The van der Waals surface area contributed by atoms with Crippen LogP contribution < -0.4 is 0 Å². The number of aryl methyl sites for hydroxylation is 2. The van der Waals surface area contributed by atoms with Gasteiger partial charge in [0.15, 0.2) is 5.82 Å². The molecule has 0 N–H and O–H groups in total. The summed E-state index contributed by atoms with van der Waals surface area (Å²) in [6.45, 7) is 3.63. The lowest BCUT2D eigenvalue weighted by Gasteiger charge is -2.31. The van der Waals surface area contributed by atoms with E-state index in [1.165, 1.54) is 4.88 Å². The Morgan fingerprint density at radius 3 is 2.95 bits per heavy atom. The number of carbonyl (C=O) groups excluding carboxylic acids is 1. The third-order valence-corrected chi connectivity index (χ3v) is 4.78. The lowest BCUT2D eigenvalue weighted by molar-refractivity contribution is 0.0691. The number of rotatable bonds is 2. The number of hydrogen-bond acceptors (Lipinski definition) is 4. The fourth-order valence-corrected chi connectivity index (χ4v) is 3.54. The van der Waals surface area contributed by atoms with Crippen molar-refractivity contribution in [1.82, 2.24) is 19.4 Å². The fraction of sp³-hybridized carbons (Fsp3) is 0.500. The molecule has 1 aliphatic rings. The Labute approximate surface area is 122 Å². The maximum Gasteiger partial charge on any atom is 0.289 e. The number of aromatic nitrogens is 3.